The molecular weight excluding hydrogens is 430 g/mol. The van der Waals surface area contributed by atoms with Crippen LogP contribution in [0.5, 0.6) is 0 Å². The van der Waals surface area contributed by atoms with E-state index in [0.717, 1.165) is 6.92 Å². The van der Waals surface area contributed by atoms with Crippen molar-refractivity contribution in [1.29, 1.82) is 0 Å². The summed E-state index contributed by atoms with van der Waals surface area (Å²) in [6, 6.07) is 4.55. The van der Waals surface area contributed by atoms with Crippen LogP contribution in [-0.2, 0) is 16.0 Å². The average Bonchev–Trinajstić information content (AvgIpc) is 2.63. The maximum Gasteiger partial charge on any atom is 0.392 e. The molecule has 4 nitrogen and oxygen atoms in total. The standard InChI is InChI=1S/C20H20Cl2F3NO3/c1-11(20(23,24)25)18(13-4-6-14(21)7-5-13)19(29)26-16-10-12(2-8-15(16)22)3-9-17(27)28/h2,4,6-8,10-11,13,18H,3,5,9H2,1H3,(H,26,29)(H,27,28)/t11-,13?,18+/m1/s1. The summed E-state index contributed by atoms with van der Waals surface area (Å²) in [5.41, 5.74) is 0.743. The lowest BCUT2D eigenvalue weighted by atomic mass is 9.78. The van der Waals surface area contributed by atoms with Crippen molar-refractivity contribution in [3.05, 3.63) is 52.0 Å². The molecule has 0 bridgehead atoms. The number of benzene rings is 1. The Bertz CT molecular complexity index is 837. The van der Waals surface area contributed by atoms with Crippen LogP contribution >= 0.6 is 23.2 Å². The van der Waals surface area contributed by atoms with E-state index in [4.69, 9.17) is 28.3 Å². The third-order valence-electron chi connectivity index (χ3n) is 4.82. The number of anilines is 1. The number of hydrogen-bond acceptors (Lipinski definition) is 2. The molecule has 1 aromatic rings. The summed E-state index contributed by atoms with van der Waals surface area (Å²) >= 11 is 11.9. The lowest BCUT2D eigenvalue weighted by Crippen LogP contribution is -2.40. The molecule has 0 aliphatic heterocycles. The number of nitrogens with one attached hydrogen (secondary N) is 1. The number of carbonyl (C=O) groups excluding carboxylic acids is 1. The fourth-order valence-corrected chi connectivity index (χ4v) is 3.49. The van der Waals surface area contributed by atoms with Crippen molar-refractivity contribution in [2.45, 2.75) is 32.4 Å². The fraction of sp³-hybridized carbons (Fsp3) is 0.400. The highest BCUT2D eigenvalue weighted by molar-refractivity contribution is 6.33. The van der Waals surface area contributed by atoms with Crippen LogP contribution < -0.4 is 5.32 Å². The summed E-state index contributed by atoms with van der Waals surface area (Å²) in [4.78, 5) is 23.6. The highest BCUT2D eigenvalue weighted by Gasteiger charge is 2.46. The van der Waals surface area contributed by atoms with Crippen LogP contribution in [-0.4, -0.2) is 23.2 Å². The smallest absolute Gasteiger partial charge is 0.392 e. The number of hydrogen-bond donors (Lipinski definition) is 2. The number of carboxylic acid groups (broad SMARTS) is 1. The van der Waals surface area contributed by atoms with Gasteiger partial charge in [-0.3, -0.25) is 9.59 Å². The average molecular weight is 450 g/mol. The molecule has 3 atom stereocenters. The Labute approximate surface area is 176 Å². The third-order valence-corrected chi connectivity index (χ3v) is 5.43. The Morgan fingerprint density at radius 2 is 2.00 bits per heavy atom. The van der Waals surface area contributed by atoms with Crippen LogP contribution in [0.15, 0.2) is 41.5 Å². The van der Waals surface area contributed by atoms with Crippen LogP contribution in [0.4, 0.5) is 18.9 Å². The van der Waals surface area contributed by atoms with E-state index in [1.807, 2.05) is 0 Å². The number of halogens is 5. The van der Waals surface area contributed by atoms with Gasteiger partial charge in [0.25, 0.3) is 0 Å². The van der Waals surface area contributed by atoms with Gasteiger partial charge in [-0.05, 0) is 42.5 Å². The highest BCUT2D eigenvalue weighted by atomic mass is 35.5. The first-order valence-electron chi connectivity index (χ1n) is 8.90. The summed E-state index contributed by atoms with van der Waals surface area (Å²) in [6.07, 6.45) is 0.302. The van der Waals surface area contributed by atoms with Gasteiger partial charge in [0.15, 0.2) is 0 Å². The number of alkyl halides is 3. The predicted molar refractivity (Wildman–Crippen MR) is 106 cm³/mol. The van der Waals surface area contributed by atoms with E-state index < -0.39 is 35.8 Å². The summed E-state index contributed by atoms with van der Waals surface area (Å²) < 4.78 is 40.3. The topological polar surface area (TPSA) is 66.4 Å². The first-order valence-corrected chi connectivity index (χ1v) is 9.66. The van der Waals surface area contributed by atoms with Crippen molar-refractivity contribution >= 4 is 40.8 Å². The minimum absolute atomic E-state index is 0.122. The molecule has 0 spiro atoms. The molecule has 158 valence electrons. The van der Waals surface area contributed by atoms with Gasteiger partial charge in [-0.15, -0.1) is 0 Å². The number of amides is 1. The second kappa shape index (κ2) is 9.67. The van der Waals surface area contributed by atoms with Gasteiger partial charge in [0, 0.05) is 11.5 Å². The lowest BCUT2D eigenvalue weighted by molar-refractivity contribution is -0.188. The lowest BCUT2D eigenvalue weighted by Gasteiger charge is -2.31. The van der Waals surface area contributed by atoms with E-state index in [2.05, 4.69) is 5.32 Å². The van der Waals surface area contributed by atoms with Crippen molar-refractivity contribution in [3.8, 4) is 0 Å². The molecule has 0 fully saturated rings. The molecule has 1 aliphatic carbocycles. The quantitative estimate of drug-likeness (QED) is 0.551. The van der Waals surface area contributed by atoms with Crippen molar-refractivity contribution in [3.63, 3.8) is 0 Å². The molecule has 1 aliphatic rings. The van der Waals surface area contributed by atoms with Gasteiger partial charge >= 0.3 is 12.1 Å². The predicted octanol–water partition coefficient (Wildman–Crippen LogP) is 5.81. The summed E-state index contributed by atoms with van der Waals surface area (Å²) in [7, 11) is 0. The van der Waals surface area contributed by atoms with Crippen LogP contribution in [0.1, 0.15) is 25.3 Å². The summed E-state index contributed by atoms with van der Waals surface area (Å²) in [5, 5.41) is 11.9. The first kappa shape index (κ1) is 23.3. The van der Waals surface area contributed by atoms with E-state index in [9.17, 15) is 22.8 Å². The number of carbonyl (C=O) groups is 2. The van der Waals surface area contributed by atoms with Gasteiger partial charge in [0.2, 0.25) is 5.91 Å². The zero-order valence-electron chi connectivity index (χ0n) is 15.5. The zero-order chi connectivity index (χ0) is 21.8. The molecule has 9 heteroatoms. The normalized spacial score (nSPS) is 18.7. The molecule has 0 saturated carbocycles. The molecule has 29 heavy (non-hydrogen) atoms. The van der Waals surface area contributed by atoms with Gasteiger partial charge < -0.3 is 10.4 Å². The number of carboxylic acids is 1. The minimum Gasteiger partial charge on any atom is -0.481 e. The highest BCUT2D eigenvalue weighted by Crippen LogP contribution is 2.39. The van der Waals surface area contributed by atoms with Crippen LogP contribution in [0.3, 0.4) is 0 Å². The van der Waals surface area contributed by atoms with E-state index in [-0.39, 0.29) is 30.0 Å². The van der Waals surface area contributed by atoms with E-state index in [1.165, 1.54) is 24.3 Å². The van der Waals surface area contributed by atoms with Crippen molar-refractivity contribution in [2.75, 3.05) is 5.32 Å². The molecular formula is C20H20Cl2F3NO3. The maximum atomic E-state index is 13.4. The molecule has 1 unspecified atom stereocenters. The second-order valence-electron chi connectivity index (χ2n) is 6.90. The van der Waals surface area contributed by atoms with Gasteiger partial charge in [-0.25, -0.2) is 0 Å². The minimum atomic E-state index is -4.56. The first-order chi connectivity index (χ1) is 13.5. The summed E-state index contributed by atoms with van der Waals surface area (Å²) in [6.45, 7) is 0.975. The molecule has 0 aromatic heterocycles. The van der Waals surface area contributed by atoms with Crippen LogP contribution in [0.2, 0.25) is 5.02 Å². The number of allylic oxidation sites excluding steroid dienone is 4. The van der Waals surface area contributed by atoms with Crippen LogP contribution in [0, 0.1) is 17.8 Å². The van der Waals surface area contributed by atoms with E-state index >= 15 is 0 Å². The number of aryl methyl sites for hydroxylation is 1. The Kier molecular flexibility index (Phi) is 7.77. The molecule has 0 saturated heterocycles. The van der Waals surface area contributed by atoms with Crippen LogP contribution in [0.25, 0.3) is 0 Å². The molecule has 1 amide bonds. The Hall–Kier alpha value is -1.99. The number of aliphatic carboxylic acids is 1. The summed E-state index contributed by atoms with van der Waals surface area (Å²) in [5.74, 6) is -5.75. The fourth-order valence-electron chi connectivity index (χ4n) is 3.16. The molecule has 2 rings (SSSR count). The third kappa shape index (κ3) is 6.51. The van der Waals surface area contributed by atoms with Gasteiger partial charge in [-0.1, -0.05) is 48.3 Å². The Morgan fingerprint density at radius 3 is 2.55 bits per heavy atom. The SMILES string of the molecule is C[C@H]([C@H](C(=O)Nc1cc(CCC(=O)O)ccc1Cl)C1C=CC(Cl)=CC1)C(F)(F)F. The van der Waals surface area contributed by atoms with Gasteiger partial charge in [0.05, 0.1) is 22.5 Å². The van der Waals surface area contributed by atoms with Gasteiger partial charge in [0.1, 0.15) is 0 Å². The van der Waals surface area contributed by atoms with Crippen molar-refractivity contribution < 1.29 is 27.9 Å². The molecule has 0 heterocycles. The molecule has 1 aromatic carbocycles. The number of rotatable bonds is 7. The van der Waals surface area contributed by atoms with E-state index in [0.29, 0.717) is 10.6 Å². The van der Waals surface area contributed by atoms with E-state index in [1.54, 1.807) is 12.1 Å². The Balaban J connectivity index is 2.26. The zero-order valence-corrected chi connectivity index (χ0v) is 17.0. The van der Waals surface area contributed by atoms with Gasteiger partial charge in [-0.2, -0.15) is 13.2 Å². The largest absolute Gasteiger partial charge is 0.481 e. The van der Waals surface area contributed by atoms with Crippen molar-refractivity contribution in [1.82, 2.24) is 0 Å². The Morgan fingerprint density at radius 1 is 1.31 bits per heavy atom. The molecule has 0 radical (unpaired) electrons. The monoisotopic (exact) mass is 449 g/mol. The molecule has 2 N–H and O–H groups in total. The second-order valence-corrected chi connectivity index (χ2v) is 7.74. The van der Waals surface area contributed by atoms with Crippen molar-refractivity contribution in [2.24, 2.45) is 17.8 Å². The maximum absolute atomic E-state index is 13.4.